The van der Waals surface area contributed by atoms with Crippen LogP contribution in [0.25, 0.3) is 11.8 Å². The minimum Gasteiger partial charge on any atom is -0.322 e. The highest BCUT2D eigenvalue weighted by Crippen LogP contribution is 2.17. The summed E-state index contributed by atoms with van der Waals surface area (Å²) >= 11 is 0. The lowest BCUT2D eigenvalue weighted by Crippen LogP contribution is -2.08. The summed E-state index contributed by atoms with van der Waals surface area (Å²) in [5.41, 5.74) is 4.77. The molecule has 0 saturated carbocycles. The Balaban J connectivity index is 1.76. The normalized spacial score (nSPS) is 10.7. The Hall–Kier alpha value is -3.65. The van der Waals surface area contributed by atoms with Crippen LogP contribution in [0.4, 0.5) is 5.69 Å². The van der Waals surface area contributed by atoms with Crippen LogP contribution in [0.3, 0.4) is 0 Å². The van der Waals surface area contributed by atoms with Crippen LogP contribution < -0.4 is 5.32 Å². The molecule has 0 spiro atoms. The Kier molecular flexibility index (Phi) is 4.95. The van der Waals surface area contributed by atoms with Crippen LogP contribution in [0.1, 0.15) is 22.5 Å². The number of carbonyl (C=O) groups excluding carboxylic acids is 1. The van der Waals surface area contributed by atoms with Crippen molar-refractivity contribution in [1.82, 2.24) is 9.78 Å². The van der Waals surface area contributed by atoms with Crippen LogP contribution in [-0.4, -0.2) is 15.7 Å². The van der Waals surface area contributed by atoms with Crippen LogP contribution in [-0.2, 0) is 4.79 Å². The summed E-state index contributed by atoms with van der Waals surface area (Å²) in [6, 6.07) is 18.7. The number of carbonyl (C=O) groups is 1. The Bertz CT molecular complexity index is 1020. The molecule has 1 heterocycles. The highest BCUT2D eigenvalue weighted by Gasteiger charge is 2.06. The average Bonchev–Trinajstić information content (AvgIpc) is 2.98. The highest BCUT2D eigenvalue weighted by molar-refractivity contribution is 6.02. The molecular weight excluding hydrogens is 324 g/mol. The van der Waals surface area contributed by atoms with E-state index < -0.39 is 0 Å². The van der Waals surface area contributed by atoms with E-state index in [-0.39, 0.29) is 5.91 Å². The van der Waals surface area contributed by atoms with E-state index in [0.29, 0.717) is 16.8 Å². The van der Waals surface area contributed by atoms with Gasteiger partial charge in [-0.05, 0) is 55.8 Å². The smallest absolute Gasteiger partial charge is 0.248 e. The molecule has 0 fully saturated rings. The van der Waals surface area contributed by atoms with Gasteiger partial charge in [0.05, 0.1) is 23.0 Å². The van der Waals surface area contributed by atoms with Crippen molar-refractivity contribution in [2.75, 3.05) is 5.32 Å². The molecule has 1 aromatic heterocycles. The van der Waals surface area contributed by atoms with Gasteiger partial charge in [-0.2, -0.15) is 10.4 Å². The molecule has 5 heteroatoms. The maximum absolute atomic E-state index is 12.2. The van der Waals surface area contributed by atoms with Gasteiger partial charge >= 0.3 is 0 Å². The topological polar surface area (TPSA) is 70.7 Å². The monoisotopic (exact) mass is 342 g/mol. The summed E-state index contributed by atoms with van der Waals surface area (Å²) in [5.74, 6) is -0.261. The molecular formula is C21H18N4O. The molecule has 5 nitrogen and oxygen atoms in total. The van der Waals surface area contributed by atoms with Gasteiger partial charge in [-0.25, -0.2) is 4.68 Å². The Labute approximate surface area is 152 Å². The van der Waals surface area contributed by atoms with E-state index in [9.17, 15) is 4.79 Å². The van der Waals surface area contributed by atoms with Crippen LogP contribution in [0.5, 0.6) is 0 Å². The molecule has 1 N–H and O–H groups in total. The van der Waals surface area contributed by atoms with Gasteiger partial charge in [0.2, 0.25) is 5.91 Å². The lowest BCUT2D eigenvalue weighted by Gasteiger charge is -2.07. The molecule has 3 rings (SSSR count). The molecule has 0 bridgehead atoms. The molecule has 1 amide bonds. The van der Waals surface area contributed by atoms with E-state index in [4.69, 9.17) is 5.26 Å². The third kappa shape index (κ3) is 3.87. The Morgan fingerprint density at radius 2 is 1.96 bits per heavy atom. The van der Waals surface area contributed by atoms with Crippen molar-refractivity contribution >= 4 is 17.7 Å². The second kappa shape index (κ2) is 7.49. The molecule has 0 aliphatic heterocycles. The fraction of sp³-hybridized carbons (Fsp3) is 0.0952. The largest absolute Gasteiger partial charge is 0.322 e. The van der Waals surface area contributed by atoms with Gasteiger partial charge in [-0.1, -0.05) is 24.3 Å². The first-order valence-corrected chi connectivity index (χ1v) is 8.19. The quantitative estimate of drug-likeness (QED) is 0.728. The summed E-state index contributed by atoms with van der Waals surface area (Å²) in [7, 11) is 0. The SMILES string of the molecule is Cc1cc(C)n(-c2cccc(NC(=O)/C=C/c3ccccc3C#N)c2)n1. The molecule has 26 heavy (non-hydrogen) atoms. The Morgan fingerprint density at radius 3 is 2.69 bits per heavy atom. The minimum absolute atomic E-state index is 0.261. The number of nitrogens with zero attached hydrogens (tertiary/aromatic N) is 3. The van der Waals surface area contributed by atoms with Gasteiger partial charge in [0.25, 0.3) is 0 Å². The van der Waals surface area contributed by atoms with E-state index in [0.717, 1.165) is 17.1 Å². The summed E-state index contributed by atoms with van der Waals surface area (Å²) in [6.45, 7) is 3.93. The number of anilines is 1. The van der Waals surface area contributed by atoms with E-state index in [1.54, 1.807) is 24.3 Å². The Morgan fingerprint density at radius 1 is 1.15 bits per heavy atom. The van der Waals surface area contributed by atoms with Gasteiger partial charge in [-0.3, -0.25) is 4.79 Å². The molecule has 0 aliphatic rings. The number of nitrogens with one attached hydrogen (secondary N) is 1. The third-order valence-electron chi connectivity index (χ3n) is 3.86. The number of rotatable bonds is 4. The van der Waals surface area contributed by atoms with E-state index in [2.05, 4.69) is 16.5 Å². The summed E-state index contributed by atoms with van der Waals surface area (Å²) < 4.78 is 1.84. The zero-order valence-electron chi connectivity index (χ0n) is 14.6. The van der Waals surface area contributed by atoms with Gasteiger partial charge in [0.15, 0.2) is 0 Å². The van der Waals surface area contributed by atoms with Crippen molar-refractivity contribution in [3.05, 3.63) is 83.2 Å². The first kappa shape index (κ1) is 17.2. The number of nitriles is 1. The van der Waals surface area contributed by atoms with Crippen molar-refractivity contribution in [3.8, 4) is 11.8 Å². The van der Waals surface area contributed by atoms with Crippen LogP contribution >= 0.6 is 0 Å². The van der Waals surface area contributed by atoms with Crippen molar-refractivity contribution in [2.24, 2.45) is 0 Å². The number of benzene rings is 2. The number of amides is 1. The minimum atomic E-state index is -0.261. The predicted octanol–water partition coefficient (Wildman–Crippen LogP) is 4.01. The zero-order valence-corrected chi connectivity index (χ0v) is 14.6. The first-order chi connectivity index (χ1) is 12.6. The van der Waals surface area contributed by atoms with E-state index in [1.165, 1.54) is 6.08 Å². The van der Waals surface area contributed by atoms with Gasteiger partial charge < -0.3 is 5.32 Å². The van der Waals surface area contributed by atoms with Crippen LogP contribution in [0.15, 0.2) is 60.7 Å². The van der Waals surface area contributed by atoms with Crippen LogP contribution in [0, 0.1) is 25.2 Å². The van der Waals surface area contributed by atoms with Gasteiger partial charge in [0, 0.05) is 17.5 Å². The molecule has 128 valence electrons. The average molecular weight is 342 g/mol. The number of hydrogen-bond donors (Lipinski definition) is 1. The maximum atomic E-state index is 12.2. The number of aromatic nitrogens is 2. The van der Waals surface area contributed by atoms with Crippen molar-refractivity contribution in [2.45, 2.75) is 13.8 Å². The van der Waals surface area contributed by atoms with Crippen molar-refractivity contribution in [1.29, 1.82) is 5.26 Å². The van der Waals surface area contributed by atoms with E-state index in [1.807, 2.05) is 54.9 Å². The standard InChI is InChI=1S/C21H18N4O/c1-15-12-16(2)25(24-15)20-9-5-8-19(13-20)23-21(26)11-10-17-6-3-4-7-18(17)14-22/h3-13H,1-2H3,(H,23,26)/b11-10+. The van der Waals surface area contributed by atoms with Gasteiger partial charge in [-0.15, -0.1) is 0 Å². The first-order valence-electron chi connectivity index (χ1n) is 8.19. The lowest BCUT2D eigenvalue weighted by molar-refractivity contribution is -0.111. The molecule has 0 unspecified atom stereocenters. The zero-order chi connectivity index (χ0) is 18.5. The third-order valence-corrected chi connectivity index (χ3v) is 3.86. The van der Waals surface area contributed by atoms with Crippen LogP contribution in [0.2, 0.25) is 0 Å². The molecule has 0 aliphatic carbocycles. The summed E-state index contributed by atoms with van der Waals surface area (Å²) in [4.78, 5) is 12.2. The predicted molar refractivity (Wildman–Crippen MR) is 102 cm³/mol. The summed E-state index contributed by atoms with van der Waals surface area (Å²) in [6.07, 6.45) is 3.06. The lowest BCUT2D eigenvalue weighted by atomic mass is 10.1. The molecule has 0 saturated heterocycles. The fourth-order valence-corrected chi connectivity index (χ4v) is 2.70. The number of aryl methyl sites for hydroxylation is 2. The second-order valence-corrected chi connectivity index (χ2v) is 5.91. The van der Waals surface area contributed by atoms with E-state index >= 15 is 0 Å². The summed E-state index contributed by atoms with van der Waals surface area (Å²) in [5, 5.41) is 16.4. The van der Waals surface area contributed by atoms with Gasteiger partial charge in [0.1, 0.15) is 0 Å². The molecule has 2 aromatic carbocycles. The fourth-order valence-electron chi connectivity index (χ4n) is 2.70. The van der Waals surface area contributed by atoms with Crippen molar-refractivity contribution in [3.63, 3.8) is 0 Å². The number of hydrogen-bond acceptors (Lipinski definition) is 3. The maximum Gasteiger partial charge on any atom is 0.248 e. The van der Waals surface area contributed by atoms with Crippen molar-refractivity contribution < 1.29 is 4.79 Å². The second-order valence-electron chi connectivity index (χ2n) is 5.91. The highest BCUT2D eigenvalue weighted by atomic mass is 16.1. The molecule has 3 aromatic rings. The molecule has 0 atom stereocenters. The molecule has 0 radical (unpaired) electrons.